The molecule has 218 valence electrons. The topological polar surface area (TPSA) is 168 Å². The van der Waals surface area contributed by atoms with Crippen LogP contribution in [-0.4, -0.2) is 100 Å². The molecule has 1 aromatic carbocycles. The molecule has 1 aliphatic heterocycles. The van der Waals surface area contributed by atoms with Gasteiger partial charge in [-0.2, -0.15) is 0 Å². The number of aliphatic carboxylic acids is 1. The average Bonchev–Trinajstić information content (AvgIpc) is 2.98. The van der Waals surface area contributed by atoms with E-state index in [1.165, 1.54) is 28.0 Å². The molecule has 2 aromatic rings. The number of nitrogens with zero attached hydrogens (tertiary/aromatic N) is 4. The lowest BCUT2D eigenvalue weighted by Crippen LogP contribution is -2.56. The van der Waals surface area contributed by atoms with Crippen LogP contribution in [0.25, 0.3) is 17.5 Å². The molecule has 0 radical (unpaired) electrons. The molecule has 2 heterocycles. The number of nitrogens with one attached hydrogen (secondary N) is 1. The number of piperazine rings is 1. The number of carboxylic acids is 1. The molecule has 2 N–H and O–H groups in total. The number of amides is 3. The minimum Gasteiger partial charge on any atom is -0.481 e. The number of hydrogen-bond acceptors (Lipinski definition) is 9. The number of carboxylic acid groups (broad SMARTS) is 1. The predicted molar refractivity (Wildman–Crippen MR) is 146 cm³/mol. The highest BCUT2D eigenvalue weighted by molar-refractivity contribution is 5.97. The lowest BCUT2D eigenvalue weighted by molar-refractivity contribution is -0.139. The Morgan fingerprint density at radius 1 is 0.976 bits per heavy atom. The molecule has 0 bridgehead atoms. The molecule has 1 saturated heterocycles. The van der Waals surface area contributed by atoms with Crippen LogP contribution in [0, 0.1) is 0 Å². The second-order valence-corrected chi connectivity index (χ2v) is 8.92. The van der Waals surface area contributed by atoms with Crippen molar-refractivity contribution in [3.05, 3.63) is 53.9 Å². The first-order chi connectivity index (χ1) is 19.7. The number of carbonyl (C=O) groups is 5. The number of esters is 1. The lowest BCUT2D eigenvalue weighted by Gasteiger charge is -2.35. The molecule has 13 heteroatoms. The van der Waals surface area contributed by atoms with Crippen LogP contribution in [0.1, 0.15) is 42.9 Å². The van der Waals surface area contributed by atoms with Crippen molar-refractivity contribution >= 4 is 35.9 Å². The van der Waals surface area contributed by atoms with E-state index in [1.54, 1.807) is 38.1 Å². The summed E-state index contributed by atoms with van der Waals surface area (Å²) in [6.45, 7) is 4.69. The highest BCUT2D eigenvalue weighted by Crippen LogP contribution is 2.17. The van der Waals surface area contributed by atoms with Gasteiger partial charge in [-0.1, -0.05) is 30.3 Å². The normalized spacial score (nSPS) is 13.9. The third-order valence-corrected chi connectivity index (χ3v) is 6.06. The maximum atomic E-state index is 13.4. The summed E-state index contributed by atoms with van der Waals surface area (Å²) in [5.41, 5.74) is 0.786. The minimum atomic E-state index is -1.15. The Morgan fingerprint density at radius 2 is 1.63 bits per heavy atom. The fraction of sp³-hybridized carbons (Fsp3) is 0.393. The van der Waals surface area contributed by atoms with E-state index in [9.17, 15) is 29.1 Å². The quantitative estimate of drug-likeness (QED) is 0.302. The average molecular weight is 568 g/mol. The summed E-state index contributed by atoms with van der Waals surface area (Å²) in [7, 11) is 0. The summed E-state index contributed by atoms with van der Waals surface area (Å²) in [5.74, 6) is -2.68. The lowest BCUT2D eigenvalue weighted by atomic mass is 10.1. The van der Waals surface area contributed by atoms with Gasteiger partial charge in [0.2, 0.25) is 5.91 Å². The number of aromatic nitrogens is 2. The second kappa shape index (κ2) is 15.1. The van der Waals surface area contributed by atoms with Crippen molar-refractivity contribution in [1.29, 1.82) is 0 Å². The Labute approximate surface area is 237 Å². The summed E-state index contributed by atoms with van der Waals surface area (Å²) < 4.78 is 9.91. The predicted octanol–water partition coefficient (Wildman–Crippen LogP) is 1.98. The second-order valence-electron chi connectivity index (χ2n) is 8.92. The fourth-order valence-corrected chi connectivity index (χ4v) is 4.03. The summed E-state index contributed by atoms with van der Waals surface area (Å²) in [6, 6.07) is 9.09. The number of carbonyl (C=O) groups excluding carboxylic acids is 4. The minimum absolute atomic E-state index is 0.0809. The van der Waals surface area contributed by atoms with E-state index in [0.29, 0.717) is 5.56 Å². The smallest absolute Gasteiger partial charge is 0.409 e. The molecule has 0 aliphatic carbocycles. The van der Waals surface area contributed by atoms with Gasteiger partial charge in [-0.3, -0.25) is 14.4 Å². The van der Waals surface area contributed by atoms with Gasteiger partial charge in [-0.25, -0.2) is 19.6 Å². The maximum Gasteiger partial charge on any atom is 0.409 e. The third kappa shape index (κ3) is 9.12. The maximum absolute atomic E-state index is 13.4. The molecule has 3 rings (SSSR count). The van der Waals surface area contributed by atoms with Gasteiger partial charge >= 0.3 is 18.0 Å². The van der Waals surface area contributed by atoms with Crippen molar-refractivity contribution in [2.24, 2.45) is 0 Å². The zero-order valence-corrected chi connectivity index (χ0v) is 22.9. The van der Waals surface area contributed by atoms with Gasteiger partial charge in [0, 0.05) is 44.2 Å². The van der Waals surface area contributed by atoms with E-state index in [0.717, 1.165) is 0 Å². The van der Waals surface area contributed by atoms with E-state index in [4.69, 9.17) is 9.47 Å². The molecule has 0 spiro atoms. The summed E-state index contributed by atoms with van der Waals surface area (Å²) in [4.78, 5) is 73.6. The van der Waals surface area contributed by atoms with Gasteiger partial charge in [-0.05, 0) is 32.4 Å². The van der Waals surface area contributed by atoms with Gasteiger partial charge < -0.3 is 29.7 Å². The van der Waals surface area contributed by atoms with Crippen molar-refractivity contribution in [3.8, 4) is 11.4 Å². The highest BCUT2D eigenvalue weighted by atomic mass is 16.6. The van der Waals surface area contributed by atoms with Gasteiger partial charge in [-0.15, -0.1) is 0 Å². The molecule has 41 heavy (non-hydrogen) atoms. The molecule has 0 unspecified atom stereocenters. The zero-order chi connectivity index (χ0) is 29.8. The van der Waals surface area contributed by atoms with Crippen LogP contribution < -0.4 is 5.32 Å². The highest BCUT2D eigenvalue weighted by Gasteiger charge is 2.31. The van der Waals surface area contributed by atoms with E-state index >= 15 is 0 Å². The monoisotopic (exact) mass is 567 g/mol. The first-order valence-corrected chi connectivity index (χ1v) is 13.2. The van der Waals surface area contributed by atoms with Crippen molar-refractivity contribution in [1.82, 2.24) is 25.1 Å². The number of rotatable bonds is 11. The molecule has 1 aliphatic rings. The Bertz CT molecular complexity index is 1280. The largest absolute Gasteiger partial charge is 0.481 e. The SMILES string of the molecule is CCOC(=O)/C=C/c1cc(C(=O)N[C@@H](CCC(=O)O)C(=O)N2CCN(C(=O)OCC)CC2)nc(-c2ccccc2)n1. The molecular weight excluding hydrogens is 534 g/mol. The van der Waals surface area contributed by atoms with Crippen LogP contribution >= 0.6 is 0 Å². The van der Waals surface area contributed by atoms with Crippen molar-refractivity contribution in [2.75, 3.05) is 39.4 Å². The van der Waals surface area contributed by atoms with Crippen LogP contribution in [-0.2, 0) is 23.9 Å². The summed E-state index contributed by atoms with van der Waals surface area (Å²) in [5, 5.41) is 11.9. The van der Waals surface area contributed by atoms with Crippen LogP contribution in [0.2, 0.25) is 0 Å². The van der Waals surface area contributed by atoms with E-state index in [-0.39, 0.29) is 69.4 Å². The van der Waals surface area contributed by atoms with Crippen LogP contribution in [0.4, 0.5) is 4.79 Å². The van der Waals surface area contributed by atoms with Crippen LogP contribution in [0.15, 0.2) is 42.5 Å². The van der Waals surface area contributed by atoms with Gasteiger partial charge in [0.1, 0.15) is 11.7 Å². The first kappa shape index (κ1) is 30.7. The van der Waals surface area contributed by atoms with Crippen molar-refractivity contribution in [3.63, 3.8) is 0 Å². The van der Waals surface area contributed by atoms with E-state index < -0.39 is 35.9 Å². The van der Waals surface area contributed by atoms with Crippen molar-refractivity contribution in [2.45, 2.75) is 32.7 Å². The van der Waals surface area contributed by atoms with Gasteiger partial charge in [0.15, 0.2) is 5.82 Å². The molecule has 3 amide bonds. The number of benzene rings is 1. The van der Waals surface area contributed by atoms with Crippen molar-refractivity contribution < 1.29 is 38.6 Å². The Hall–Kier alpha value is -4.81. The van der Waals surface area contributed by atoms with Crippen LogP contribution in [0.5, 0.6) is 0 Å². The fourth-order valence-electron chi connectivity index (χ4n) is 4.03. The van der Waals surface area contributed by atoms with Gasteiger partial charge in [0.25, 0.3) is 5.91 Å². The molecule has 1 atom stereocenters. The zero-order valence-electron chi connectivity index (χ0n) is 22.9. The Kier molecular flexibility index (Phi) is 11.3. The van der Waals surface area contributed by atoms with Crippen LogP contribution in [0.3, 0.4) is 0 Å². The molecule has 13 nitrogen and oxygen atoms in total. The number of ether oxygens (including phenoxy) is 2. The van der Waals surface area contributed by atoms with Gasteiger partial charge in [0.05, 0.1) is 18.9 Å². The Balaban J connectivity index is 1.83. The first-order valence-electron chi connectivity index (χ1n) is 13.2. The molecule has 1 aromatic heterocycles. The summed E-state index contributed by atoms with van der Waals surface area (Å²) >= 11 is 0. The Morgan fingerprint density at radius 3 is 2.27 bits per heavy atom. The third-order valence-electron chi connectivity index (χ3n) is 6.06. The van der Waals surface area contributed by atoms with E-state index in [2.05, 4.69) is 15.3 Å². The molecular formula is C28H33N5O8. The standard InChI is InChI=1S/C28H33N5O8/c1-3-40-24(36)13-10-20-18-22(30-25(29-20)19-8-6-5-7-9-19)26(37)31-21(11-12-23(34)35)27(38)32-14-16-33(17-15-32)28(39)41-4-2/h5-10,13,18,21H,3-4,11-12,14-17H2,1-2H3,(H,31,37)(H,34,35)/b13-10+/t21-/m0/s1. The number of hydrogen-bond donors (Lipinski definition) is 2. The van der Waals surface area contributed by atoms with E-state index in [1.807, 2.05) is 6.07 Å². The summed E-state index contributed by atoms with van der Waals surface area (Å²) in [6.07, 6.45) is 1.59. The molecule has 1 fully saturated rings. The molecule has 0 saturated carbocycles.